The van der Waals surface area contributed by atoms with Gasteiger partial charge >= 0.3 is 0 Å². The first-order valence-corrected chi connectivity index (χ1v) is 9.15. The second-order valence-electron chi connectivity index (χ2n) is 7.29. The molecule has 1 saturated carbocycles. The summed E-state index contributed by atoms with van der Waals surface area (Å²) in [5.74, 6) is 0.598. The van der Waals surface area contributed by atoms with Crippen molar-refractivity contribution < 1.29 is 4.79 Å². The Morgan fingerprint density at radius 1 is 1.26 bits per heavy atom. The van der Waals surface area contributed by atoms with Gasteiger partial charge in [-0.25, -0.2) is 4.98 Å². The van der Waals surface area contributed by atoms with Crippen molar-refractivity contribution in [3.63, 3.8) is 0 Å². The number of amides is 1. The Bertz CT molecular complexity index is 514. The van der Waals surface area contributed by atoms with Gasteiger partial charge in [-0.3, -0.25) is 4.79 Å². The lowest BCUT2D eigenvalue weighted by molar-refractivity contribution is 0.0860. The van der Waals surface area contributed by atoms with Crippen molar-refractivity contribution in [2.45, 2.75) is 57.9 Å². The van der Waals surface area contributed by atoms with Crippen LogP contribution >= 0.6 is 0 Å². The van der Waals surface area contributed by atoms with Crippen LogP contribution in [0.1, 0.15) is 61.1 Å². The monoisotopic (exact) mass is 318 g/mol. The highest BCUT2D eigenvalue weighted by molar-refractivity contribution is 5.93. The standard InChI is InChI=1S/C18H30N4O/c1-14-17(21(2)13-20-14)18(23)19-11-15-7-6-10-22(12-15)16-8-4-3-5-9-16/h13,15-16H,3-12H2,1-2H3,(H,19,23). The molecule has 0 spiro atoms. The summed E-state index contributed by atoms with van der Waals surface area (Å²) in [4.78, 5) is 19.3. The van der Waals surface area contributed by atoms with E-state index in [2.05, 4.69) is 15.2 Å². The maximum atomic E-state index is 12.4. The molecule has 1 unspecified atom stereocenters. The first kappa shape index (κ1) is 16.5. The van der Waals surface area contributed by atoms with E-state index in [1.165, 1.54) is 51.5 Å². The van der Waals surface area contributed by atoms with Gasteiger partial charge in [0.25, 0.3) is 5.91 Å². The van der Waals surface area contributed by atoms with Gasteiger partial charge in [-0.1, -0.05) is 19.3 Å². The van der Waals surface area contributed by atoms with Crippen molar-refractivity contribution in [2.24, 2.45) is 13.0 Å². The van der Waals surface area contributed by atoms with Crippen molar-refractivity contribution >= 4 is 5.91 Å². The number of nitrogens with one attached hydrogen (secondary N) is 1. The summed E-state index contributed by atoms with van der Waals surface area (Å²) in [6.07, 6.45) is 11.1. The van der Waals surface area contributed by atoms with Gasteiger partial charge in [0.15, 0.2) is 0 Å². The quantitative estimate of drug-likeness (QED) is 0.928. The maximum Gasteiger partial charge on any atom is 0.269 e. The van der Waals surface area contributed by atoms with Crippen molar-refractivity contribution in [2.75, 3.05) is 19.6 Å². The number of aryl methyl sites for hydroxylation is 2. The minimum atomic E-state index is 0.0114. The molecule has 0 aromatic carbocycles. The maximum absolute atomic E-state index is 12.4. The lowest BCUT2D eigenvalue weighted by Gasteiger charge is -2.40. The van der Waals surface area contributed by atoms with Gasteiger partial charge in [0.05, 0.1) is 12.0 Å². The molecule has 128 valence electrons. The van der Waals surface area contributed by atoms with Crippen LogP contribution in [0, 0.1) is 12.8 Å². The van der Waals surface area contributed by atoms with Gasteiger partial charge in [-0.2, -0.15) is 0 Å². The summed E-state index contributed by atoms with van der Waals surface area (Å²) >= 11 is 0. The zero-order valence-corrected chi connectivity index (χ0v) is 14.6. The van der Waals surface area contributed by atoms with Crippen LogP contribution < -0.4 is 5.32 Å². The summed E-state index contributed by atoms with van der Waals surface area (Å²) in [5, 5.41) is 3.13. The summed E-state index contributed by atoms with van der Waals surface area (Å²) < 4.78 is 1.81. The fourth-order valence-corrected chi connectivity index (χ4v) is 4.23. The molecule has 1 aromatic rings. The highest BCUT2D eigenvalue weighted by atomic mass is 16.2. The Morgan fingerprint density at radius 2 is 2.04 bits per heavy atom. The zero-order valence-electron chi connectivity index (χ0n) is 14.6. The molecule has 2 fully saturated rings. The van der Waals surface area contributed by atoms with Crippen LogP contribution in [-0.2, 0) is 7.05 Å². The topological polar surface area (TPSA) is 50.2 Å². The predicted molar refractivity (Wildman–Crippen MR) is 91.4 cm³/mol. The number of rotatable bonds is 4. The summed E-state index contributed by atoms with van der Waals surface area (Å²) in [6, 6.07) is 0.793. The first-order chi connectivity index (χ1) is 11.1. The molecule has 5 nitrogen and oxygen atoms in total. The highest BCUT2D eigenvalue weighted by Gasteiger charge is 2.27. The molecule has 1 amide bonds. The largest absolute Gasteiger partial charge is 0.350 e. The fourth-order valence-electron chi connectivity index (χ4n) is 4.23. The molecular formula is C18H30N4O. The van der Waals surface area contributed by atoms with E-state index in [-0.39, 0.29) is 5.91 Å². The lowest BCUT2D eigenvalue weighted by atomic mass is 9.90. The van der Waals surface area contributed by atoms with E-state index in [1.54, 1.807) is 10.9 Å². The molecule has 1 saturated heterocycles. The Labute approximate surface area is 139 Å². The summed E-state index contributed by atoms with van der Waals surface area (Å²) in [5.41, 5.74) is 1.49. The van der Waals surface area contributed by atoms with Gasteiger partial charge in [0, 0.05) is 26.2 Å². The van der Waals surface area contributed by atoms with E-state index in [0.717, 1.165) is 24.8 Å². The fraction of sp³-hybridized carbons (Fsp3) is 0.778. The third kappa shape index (κ3) is 3.94. The van der Waals surface area contributed by atoms with Gasteiger partial charge in [-0.05, 0) is 45.1 Å². The Hall–Kier alpha value is -1.36. The van der Waals surface area contributed by atoms with E-state index in [4.69, 9.17) is 0 Å². The van der Waals surface area contributed by atoms with Crippen LogP contribution in [-0.4, -0.2) is 46.0 Å². The highest BCUT2D eigenvalue weighted by Crippen LogP contribution is 2.26. The first-order valence-electron chi connectivity index (χ1n) is 9.15. The third-order valence-corrected chi connectivity index (χ3v) is 5.53. The van der Waals surface area contributed by atoms with Crippen LogP contribution in [0.25, 0.3) is 0 Å². The van der Waals surface area contributed by atoms with Crippen LogP contribution in [0.4, 0.5) is 0 Å². The molecule has 5 heteroatoms. The van der Waals surface area contributed by atoms with Crippen molar-refractivity contribution in [3.8, 4) is 0 Å². The number of piperidine rings is 1. The Balaban J connectivity index is 1.51. The number of imidazole rings is 1. The molecule has 2 heterocycles. The van der Waals surface area contributed by atoms with Crippen LogP contribution in [0.2, 0.25) is 0 Å². The van der Waals surface area contributed by atoms with Gasteiger partial charge in [0.1, 0.15) is 5.69 Å². The molecular weight excluding hydrogens is 288 g/mol. The number of likely N-dealkylation sites (tertiary alicyclic amines) is 1. The molecule has 1 aromatic heterocycles. The molecule has 3 rings (SSSR count). The van der Waals surface area contributed by atoms with E-state index >= 15 is 0 Å². The van der Waals surface area contributed by atoms with E-state index in [1.807, 2.05) is 14.0 Å². The Morgan fingerprint density at radius 3 is 2.74 bits per heavy atom. The summed E-state index contributed by atoms with van der Waals surface area (Å²) in [7, 11) is 1.88. The van der Waals surface area contributed by atoms with Crippen LogP contribution in [0.15, 0.2) is 6.33 Å². The lowest BCUT2D eigenvalue weighted by Crippen LogP contribution is -2.46. The smallest absolute Gasteiger partial charge is 0.269 e. The third-order valence-electron chi connectivity index (χ3n) is 5.53. The molecule has 1 atom stereocenters. The molecule has 1 aliphatic heterocycles. The van der Waals surface area contributed by atoms with Gasteiger partial charge in [-0.15, -0.1) is 0 Å². The number of nitrogens with zero attached hydrogens (tertiary/aromatic N) is 3. The van der Waals surface area contributed by atoms with Crippen molar-refractivity contribution in [1.29, 1.82) is 0 Å². The minimum absolute atomic E-state index is 0.0114. The van der Waals surface area contributed by atoms with Crippen molar-refractivity contribution in [1.82, 2.24) is 19.8 Å². The number of carbonyl (C=O) groups excluding carboxylic acids is 1. The number of aromatic nitrogens is 2. The number of hydrogen-bond donors (Lipinski definition) is 1. The van der Waals surface area contributed by atoms with Gasteiger partial charge in [0.2, 0.25) is 0 Å². The van der Waals surface area contributed by atoms with Gasteiger partial charge < -0.3 is 14.8 Å². The molecule has 1 aliphatic carbocycles. The van der Waals surface area contributed by atoms with Crippen LogP contribution in [0.3, 0.4) is 0 Å². The SMILES string of the molecule is Cc1ncn(C)c1C(=O)NCC1CCCN(C2CCCCC2)C1. The van der Waals surface area contributed by atoms with Crippen LogP contribution in [0.5, 0.6) is 0 Å². The summed E-state index contributed by atoms with van der Waals surface area (Å²) in [6.45, 7) is 5.07. The van der Waals surface area contributed by atoms with E-state index < -0.39 is 0 Å². The zero-order chi connectivity index (χ0) is 16.2. The molecule has 0 bridgehead atoms. The average molecular weight is 318 g/mol. The average Bonchev–Trinajstić information content (AvgIpc) is 2.92. The normalized spacial score (nSPS) is 23.8. The predicted octanol–water partition coefficient (Wildman–Crippen LogP) is 2.50. The van der Waals surface area contributed by atoms with E-state index in [0.29, 0.717) is 11.6 Å². The molecule has 0 radical (unpaired) electrons. The number of hydrogen-bond acceptors (Lipinski definition) is 3. The van der Waals surface area contributed by atoms with Crippen molar-refractivity contribution in [3.05, 3.63) is 17.7 Å². The molecule has 23 heavy (non-hydrogen) atoms. The molecule has 2 aliphatic rings. The second kappa shape index (κ2) is 7.47. The second-order valence-corrected chi connectivity index (χ2v) is 7.29. The molecule has 1 N–H and O–H groups in total. The number of carbonyl (C=O) groups is 1. The Kier molecular flexibility index (Phi) is 5.36. The minimum Gasteiger partial charge on any atom is -0.350 e. The van der Waals surface area contributed by atoms with E-state index in [9.17, 15) is 4.79 Å².